The van der Waals surface area contributed by atoms with Gasteiger partial charge in [0.25, 0.3) is 11.8 Å². The van der Waals surface area contributed by atoms with Gasteiger partial charge in [0.15, 0.2) is 0 Å². The smallest absolute Gasteiger partial charge is 0.294 e. The Balaban J connectivity index is 1.81. The Bertz CT molecular complexity index is 1180. The number of pyridine rings is 1. The van der Waals surface area contributed by atoms with Gasteiger partial charge in [0.2, 0.25) is 11.7 Å². The summed E-state index contributed by atoms with van der Waals surface area (Å²) in [4.78, 5) is 17.2. The van der Waals surface area contributed by atoms with Crippen LogP contribution in [0.15, 0.2) is 41.1 Å². The van der Waals surface area contributed by atoms with Crippen LogP contribution in [0.2, 0.25) is 0 Å². The number of nitrogens with one attached hydrogen (secondary N) is 1. The highest BCUT2D eigenvalue weighted by Crippen LogP contribution is 2.47. The van der Waals surface area contributed by atoms with E-state index in [-0.39, 0.29) is 47.7 Å². The summed E-state index contributed by atoms with van der Waals surface area (Å²) in [5.41, 5.74) is 0.489. The highest BCUT2D eigenvalue weighted by Gasteiger charge is 2.41. The molecule has 0 radical (unpaired) electrons. The number of carbonyl (C=O) groups excluding carboxylic acids is 1. The fourth-order valence-electron chi connectivity index (χ4n) is 4.23. The number of aromatic nitrogens is 2. The van der Waals surface area contributed by atoms with Gasteiger partial charge in [0, 0.05) is 36.1 Å². The van der Waals surface area contributed by atoms with Crippen LogP contribution in [0.25, 0.3) is 11.1 Å². The molecule has 0 saturated heterocycles. The number of anilines is 1. The number of hydrogen-bond acceptors (Lipinski definition) is 5. The maximum absolute atomic E-state index is 14.7. The van der Waals surface area contributed by atoms with Crippen LogP contribution in [0.3, 0.4) is 0 Å². The second-order valence-electron chi connectivity index (χ2n) is 8.11. The Morgan fingerprint density at radius 1 is 1.21 bits per heavy atom. The van der Waals surface area contributed by atoms with Crippen LogP contribution in [0.1, 0.15) is 48.4 Å². The third-order valence-corrected chi connectivity index (χ3v) is 5.84. The van der Waals surface area contributed by atoms with E-state index in [4.69, 9.17) is 9.26 Å². The van der Waals surface area contributed by atoms with E-state index in [1.165, 1.54) is 25.4 Å². The summed E-state index contributed by atoms with van der Waals surface area (Å²) in [5, 5.41) is 6.23. The molecule has 4 rings (SSSR count). The standard InChI is InChI=1S/C23H21F4N3O3/c1-12-11-23(26,27)7-5-14(12)20-21(29-22(31)18-10-19(32-2)30-33-18)15(6-8-28-20)16-9-13(24)3-4-17(16)25/h3-4,6,8-10,12,14H,5,7,11H2,1-2H3,(H,29,31)/t12-,14?/m1/s1. The zero-order valence-corrected chi connectivity index (χ0v) is 17.9. The summed E-state index contributed by atoms with van der Waals surface area (Å²) in [6.07, 6.45) is 0.830. The van der Waals surface area contributed by atoms with Crippen molar-refractivity contribution >= 4 is 11.6 Å². The van der Waals surface area contributed by atoms with Crippen LogP contribution in [-0.2, 0) is 0 Å². The Kier molecular flexibility index (Phi) is 6.09. The average molecular weight is 463 g/mol. The molecule has 1 aliphatic carbocycles. The molecule has 1 N–H and O–H groups in total. The maximum Gasteiger partial charge on any atom is 0.294 e. The SMILES string of the molecule is COc1cc(C(=O)Nc2c(-c3cc(F)ccc3F)ccnc2C2CCC(F)(F)C[C@H]2C)on1. The van der Waals surface area contributed by atoms with Gasteiger partial charge in [-0.15, -0.1) is 0 Å². The minimum absolute atomic E-state index is 0.0751. The second-order valence-corrected chi connectivity index (χ2v) is 8.11. The van der Waals surface area contributed by atoms with Crippen molar-refractivity contribution in [3.05, 3.63) is 59.6 Å². The number of nitrogens with zero attached hydrogens (tertiary/aromatic N) is 2. The molecule has 1 fully saturated rings. The summed E-state index contributed by atoms with van der Waals surface area (Å²) in [6, 6.07) is 5.64. The number of methoxy groups -OCH3 is 1. The van der Waals surface area contributed by atoms with Gasteiger partial charge in [-0.25, -0.2) is 17.6 Å². The van der Waals surface area contributed by atoms with E-state index in [1.54, 1.807) is 6.92 Å². The summed E-state index contributed by atoms with van der Waals surface area (Å²) in [7, 11) is 1.35. The normalized spacial score (nSPS) is 19.8. The molecule has 1 aliphatic rings. The largest absolute Gasteiger partial charge is 0.479 e. The van der Waals surface area contributed by atoms with Crippen LogP contribution < -0.4 is 10.1 Å². The minimum atomic E-state index is -2.79. The molecule has 2 heterocycles. The molecule has 0 aliphatic heterocycles. The molecule has 1 unspecified atom stereocenters. The molecule has 1 aromatic carbocycles. The second kappa shape index (κ2) is 8.84. The molecule has 0 bridgehead atoms. The zero-order chi connectivity index (χ0) is 23.8. The number of amides is 1. The predicted molar refractivity (Wildman–Crippen MR) is 111 cm³/mol. The third-order valence-electron chi connectivity index (χ3n) is 5.84. The van der Waals surface area contributed by atoms with Crippen LogP contribution in [-0.4, -0.2) is 29.1 Å². The first-order chi connectivity index (χ1) is 15.7. The maximum atomic E-state index is 14.7. The molecule has 2 aromatic heterocycles. The number of alkyl halides is 2. The van der Waals surface area contributed by atoms with Gasteiger partial charge in [-0.05, 0) is 41.8 Å². The fourth-order valence-corrected chi connectivity index (χ4v) is 4.23. The Morgan fingerprint density at radius 2 is 2.00 bits per heavy atom. The Labute approximate surface area is 186 Å². The van der Waals surface area contributed by atoms with Crippen molar-refractivity contribution in [3.63, 3.8) is 0 Å². The monoisotopic (exact) mass is 463 g/mol. The molecule has 174 valence electrons. The first kappa shape index (κ1) is 22.8. The summed E-state index contributed by atoms with van der Waals surface area (Å²) in [5.74, 6) is -5.91. The third kappa shape index (κ3) is 4.69. The van der Waals surface area contributed by atoms with E-state index in [0.29, 0.717) is 5.69 Å². The van der Waals surface area contributed by atoms with Crippen molar-refractivity contribution in [3.8, 4) is 17.0 Å². The molecular weight excluding hydrogens is 442 g/mol. The summed E-state index contributed by atoms with van der Waals surface area (Å²) in [6.45, 7) is 1.68. The van der Waals surface area contributed by atoms with Crippen LogP contribution >= 0.6 is 0 Å². The lowest BCUT2D eigenvalue weighted by molar-refractivity contribution is -0.0558. The van der Waals surface area contributed by atoms with Gasteiger partial charge in [0.1, 0.15) is 11.6 Å². The molecular formula is C23H21F4N3O3. The van der Waals surface area contributed by atoms with Gasteiger partial charge in [-0.2, -0.15) is 0 Å². The van der Waals surface area contributed by atoms with E-state index >= 15 is 0 Å². The zero-order valence-electron chi connectivity index (χ0n) is 17.9. The lowest BCUT2D eigenvalue weighted by atomic mass is 9.75. The van der Waals surface area contributed by atoms with Crippen molar-refractivity contribution in [2.75, 3.05) is 12.4 Å². The van der Waals surface area contributed by atoms with Crippen molar-refractivity contribution in [2.24, 2.45) is 5.92 Å². The molecule has 2 atom stereocenters. The first-order valence-electron chi connectivity index (χ1n) is 10.3. The van der Waals surface area contributed by atoms with Crippen LogP contribution in [0.5, 0.6) is 5.88 Å². The van der Waals surface area contributed by atoms with Gasteiger partial charge in [-0.3, -0.25) is 9.78 Å². The van der Waals surface area contributed by atoms with Gasteiger partial charge in [0.05, 0.1) is 24.6 Å². The minimum Gasteiger partial charge on any atom is -0.479 e. The van der Waals surface area contributed by atoms with E-state index in [0.717, 1.165) is 18.2 Å². The summed E-state index contributed by atoms with van der Waals surface area (Å²) < 4.78 is 66.4. The van der Waals surface area contributed by atoms with Crippen molar-refractivity contribution < 1.29 is 31.6 Å². The number of carbonyl (C=O) groups is 1. The molecule has 10 heteroatoms. The highest BCUT2D eigenvalue weighted by atomic mass is 19.3. The lowest BCUT2D eigenvalue weighted by Crippen LogP contribution is -2.31. The highest BCUT2D eigenvalue weighted by molar-refractivity contribution is 6.05. The number of hydrogen-bond donors (Lipinski definition) is 1. The quantitative estimate of drug-likeness (QED) is 0.483. The van der Waals surface area contributed by atoms with E-state index in [2.05, 4.69) is 15.5 Å². The topological polar surface area (TPSA) is 77.2 Å². The molecule has 3 aromatic rings. The summed E-state index contributed by atoms with van der Waals surface area (Å²) >= 11 is 0. The first-order valence-corrected chi connectivity index (χ1v) is 10.3. The average Bonchev–Trinajstić information content (AvgIpc) is 3.25. The van der Waals surface area contributed by atoms with Gasteiger partial charge >= 0.3 is 0 Å². The number of halogens is 4. The van der Waals surface area contributed by atoms with Crippen LogP contribution in [0.4, 0.5) is 23.2 Å². The van der Waals surface area contributed by atoms with Crippen molar-refractivity contribution in [1.82, 2.24) is 10.1 Å². The Hall–Kier alpha value is -3.43. The van der Waals surface area contributed by atoms with E-state index in [1.807, 2.05) is 0 Å². The fraction of sp³-hybridized carbons (Fsp3) is 0.348. The van der Waals surface area contributed by atoms with Crippen molar-refractivity contribution in [2.45, 2.75) is 38.0 Å². The Morgan fingerprint density at radius 3 is 2.70 bits per heavy atom. The number of rotatable bonds is 5. The van der Waals surface area contributed by atoms with Crippen LogP contribution in [0, 0.1) is 17.6 Å². The van der Waals surface area contributed by atoms with E-state index in [9.17, 15) is 22.4 Å². The number of benzene rings is 1. The molecule has 0 spiro atoms. The van der Waals surface area contributed by atoms with Crippen molar-refractivity contribution in [1.29, 1.82) is 0 Å². The predicted octanol–water partition coefficient (Wildman–Crippen LogP) is 5.81. The molecule has 1 amide bonds. The van der Waals surface area contributed by atoms with Gasteiger partial charge < -0.3 is 14.6 Å². The molecule has 33 heavy (non-hydrogen) atoms. The lowest BCUT2D eigenvalue weighted by Gasteiger charge is -2.34. The number of ether oxygens (including phenoxy) is 1. The van der Waals surface area contributed by atoms with E-state index < -0.39 is 35.3 Å². The van der Waals surface area contributed by atoms with Gasteiger partial charge in [-0.1, -0.05) is 6.92 Å². The molecule has 6 nitrogen and oxygen atoms in total. The molecule has 1 saturated carbocycles.